The van der Waals surface area contributed by atoms with Crippen LogP contribution >= 0.6 is 0 Å². The first-order valence-electron chi connectivity index (χ1n) is 6.51. The SMILES string of the molecule is N#Cc1ncc(N2CCCOCC2)cc1-c1ncco1. The number of aromatic nitrogens is 2. The zero-order valence-corrected chi connectivity index (χ0v) is 11.0. The van der Waals surface area contributed by atoms with Gasteiger partial charge < -0.3 is 14.1 Å². The smallest absolute Gasteiger partial charge is 0.228 e. The van der Waals surface area contributed by atoms with Crippen LogP contribution in [0.2, 0.25) is 0 Å². The maximum Gasteiger partial charge on any atom is 0.228 e. The minimum atomic E-state index is 0.322. The minimum absolute atomic E-state index is 0.322. The summed E-state index contributed by atoms with van der Waals surface area (Å²) in [6, 6.07) is 3.98. The van der Waals surface area contributed by atoms with Crippen LogP contribution in [0.25, 0.3) is 11.5 Å². The van der Waals surface area contributed by atoms with Crippen LogP contribution < -0.4 is 4.90 Å². The van der Waals surface area contributed by atoms with Gasteiger partial charge in [-0.25, -0.2) is 9.97 Å². The number of anilines is 1. The third-order valence-electron chi connectivity index (χ3n) is 3.23. The van der Waals surface area contributed by atoms with Gasteiger partial charge in [-0.2, -0.15) is 5.26 Å². The molecule has 0 amide bonds. The van der Waals surface area contributed by atoms with Crippen LogP contribution in [0.1, 0.15) is 12.1 Å². The van der Waals surface area contributed by atoms with Gasteiger partial charge in [-0.05, 0) is 12.5 Å². The van der Waals surface area contributed by atoms with Crippen LogP contribution in [0.15, 0.2) is 29.1 Å². The van der Waals surface area contributed by atoms with Gasteiger partial charge in [-0.3, -0.25) is 0 Å². The Morgan fingerprint density at radius 3 is 3.00 bits per heavy atom. The zero-order chi connectivity index (χ0) is 13.8. The van der Waals surface area contributed by atoms with Gasteiger partial charge in [-0.15, -0.1) is 0 Å². The zero-order valence-electron chi connectivity index (χ0n) is 11.0. The van der Waals surface area contributed by atoms with Crippen molar-refractivity contribution in [2.75, 3.05) is 31.2 Å². The van der Waals surface area contributed by atoms with Crippen molar-refractivity contribution in [3.8, 4) is 17.5 Å². The van der Waals surface area contributed by atoms with Gasteiger partial charge in [0.2, 0.25) is 5.89 Å². The molecule has 3 heterocycles. The van der Waals surface area contributed by atoms with E-state index in [2.05, 4.69) is 20.9 Å². The fourth-order valence-corrected chi connectivity index (χ4v) is 2.24. The molecule has 2 aromatic rings. The summed E-state index contributed by atoms with van der Waals surface area (Å²) in [6.45, 7) is 3.22. The molecule has 20 heavy (non-hydrogen) atoms. The molecule has 0 aliphatic carbocycles. The molecule has 1 aliphatic heterocycles. The summed E-state index contributed by atoms with van der Waals surface area (Å²) in [5.74, 6) is 0.418. The molecule has 0 N–H and O–H groups in total. The molecule has 0 radical (unpaired) electrons. The quantitative estimate of drug-likeness (QED) is 0.828. The molecule has 0 unspecified atom stereocenters. The standard InChI is InChI=1S/C14H14N4O2/c15-9-13-12(14-16-2-6-20-14)8-11(10-17-13)18-3-1-5-19-7-4-18/h2,6,8,10H,1,3-5,7H2. The number of hydrogen-bond donors (Lipinski definition) is 0. The summed E-state index contributed by atoms with van der Waals surface area (Å²) in [6.07, 6.45) is 5.75. The van der Waals surface area contributed by atoms with Crippen molar-refractivity contribution in [1.82, 2.24) is 9.97 Å². The Kier molecular flexibility index (Phi) is 3.61. The van der Waals surface area contributed by atoms with E-state index in [1.54, 1.807) is 12.4 Å². The van der Waals surface area contributed by atoms with Crippen molar-refractivity contribution < 1.29 is 9.15 Å². The first-order chi connectivity index (χ1) is 9.88. The fourth-order valence-electron chi connectivity index (χ4n) is 2.24. The summed E-state index contributed by atoms with van der Waals surface area (Å²) in [7, 11) is 0. The topological polar surface area (TPSA) is 75.2 Å². The monoisotopic (exact) mass is 270 g/mol. The Labute approximate surface area is 116 Å². The molecule has 3 rings (SSSR count). The highest BCUT2D eigenvalue weighted by Gasteiger charge is 2.16. The van der Waals surface area contributed by atoms with Crippen LogP contribution in [0.4, 0.5) is 5.69 Å². The van der Waals surface area contributed by atoms with Gasteiger partial charge in [0.05, 0.1) is 30.3 Å². The summed E-state index contributed by atoms with van der Waals surface area (Å²) < 4.78 is 10.7. The van der Waals surface area contributed by atoms with Crippen LogP contribution in [0, 0.1) is 11.3 Å². The molecule has 1 fully saturated rings. The molecule has 6 heteroatoms. The van der Waals surface area contributed by atoms with E-state index in [-0.39, 0.29) is 0 Å². The highest BCUT2D eigenvalue weighted by molar-refractivity contribution is 5.66. The lowest BCUT2D eigenvalue weighted by molar-refractivity contribution is 0.152. The van der Waals surface area contributed by atoms with Gasteiger partial charge in [-0.1, -0.05) is 0 Å². The largest absolute Gasteiger partial charge is 0.444 e. The van der Waals surface area contributed by atoms with Gasteiger partial charge in [0.25, 0.3) is 0 Å². The maximum atomic E-state index is 9.15. The second kappa shape index (κ2) is 5.72. The Hall–Kier alpha value is -2.39. The Morgan fingerprint density at radius 2 is 2.20 bits per heavy atom. The number of hydrogen-bond acceptors (Lipinski definition) is 6. The summed E-state index contributed by atoms with van der Waals surface area (Å²) in [4.78, 5) is 10.5. The van der Waals surface area contributed by atoms with E-state index < -0.39 is 0 Å². The fraction of sp³-hybridized carbons (Fsp3) is 0.357. The van der Waals surface area contributed by atoms with Crippen LogP contribution in [0.3, 0.4) is 0 Å². The van der Waals surface area contributed by atoms with Crippen molar-refractivity contribution in [2.45, 2.75) is 6.42 Å². The molecule has 0 atom stereocenters. The van der Waals surface area contributed by atoms with Crippen LogP contribution in [-0.2, 0) is 4.74 Å². The van der Waals surface area contributed by atoms with E-state index in [0.717, 1.165) is 31.8 Å². The molecule has 0 spiro atoms. The number of pyridine rings is 1. The molecular weight excluding hydrogens is 256 g/mol. The second-order valence-corrected chi connectivity index (χ2v) is 4.49. The maximum absolute atomic E-state index is 9.15. The summed E-state index contributed by atoms with van der Waals surface area (Å²) in [5, 5.41) is 9.15. The number of rotatable bonds is 2. The lowest BCUT2D eigenvalue weighted by atomic mass is 10.1. The highest BCUT2D eigenvalue weighted by atomic mass is 16.5. The third-order valence-corrected chi connectivity index (χ3v) is 3.23. The van der Waals surface area contributed by atoms with Crippen molar-refractivity contribution in [2.24, 2.45) is 0 Å². The molecule has 102 valence electrons. The van der Waals surface area contributed by atoms with Crippen molar-refractivity contribution >= 4 is 5.69 Å². The Morgan fingerprint density at radius 1 is 1.25 bits per heavy atom. The van der Waals surface area contributed by atoms with E-state index >= 15 is 0 Å². The third kappa shape index (κ3) is 2.49. The van der Waals surface area contributed by atoms with E-state index in [9.17, 15) is 0 Å². The average Bonchev–Trinajstić information content (AvgIpc) is 2.89. The first-order valence-corrected chi connectivity index (χ1v) is 6.51. The molecule has 2 aromatic heterocycles. The second-order valence-electron chi connectivity index (χ2n) is 4.49. The average molecular weight is 270 g/mol. The molecule has 1 aliphatic rings. The molecule has 6 nitrogen and oxygen atoms in total. The number of nitrogens with zero attached hydrogens (tertiary/aromatic N) is 4. The first kappa shape index (κ1) is 12.6. The van der Waals surface area contributed by atoms with E-state index in [0.29, 0.717) is 23.8 Å². The van der Waals surface area contributed by atoms with Crippen molar-refractivity contribution in [3.63, 3.8) is 0 Å². The summed E-state index contributed by atoms with van der Waals surface area (Å²) >= 11 is 0. The molecular formula is C14H14N4O2. The van der Waals surface area contributed by atoms with Gasteiger partial charge >= 0.3 is 0 Å². The van der Waals surface area contributed by atoms with Crippen molar-refractivity contribution in [1.29, 1.82) is 5.26 Å². The Balaban J connectivity index is 1.97. The molecule has 0 aromatic carbocycles. The lowest BCUT2D eigenvalue weighted by Gasteiger charge is -2.21. The molecule has 0 saturated carbocycles. The summed E-state index contributed by atoms with van der Waals surface area (Å²) in [5.41, 5.74) is 1.91. The Bertz CT molecular complexity index is 611. The molecule has 0 bridgehead atoms. The van der Waals surface area contributed by atoms with Gasteiger partial charge in [0.1, 0.15) is 12.3 Å². The van der Waals surface area contributed by atoms with Crippen molar-refractivity contribution in [3.05, 3.63) is 30.4 Å². The molecule has 1 saturated heterocycles. The minimum Gasteiger partial charge on any atom is -0.444 e. The van der Waals surface area contributed by atoms with E-state index in [1.165, 1.54) is 6.26 Å². The van der Waals surface area contributed by atoms with Gasteiger partial charge in [0, 0.05) is 19.7 Å². The predicted molar refractivity (Wildman–Crippen MR) is 72.1 cm³/mol. The van der Waals surface area contributed by atoms with E-state index in [1.807, 2.05) is 6.07 Å². The van der Waals surface area contributed by atoms with Gasteiger partial charge in [0.15, 0.2) is 5.69 Å². The number of oxazole rings is 1. The predicted octanol–water partition coefficient (Wildman–Crippen LogP) is 1.83. The number of ether oxygens (including phenoxy) is 1. The highest BCUT2D eigenvalue weighted by Crippen LogP contribution is 2.26. The van der Waals surface area contributed by atoms with Crippen LogP contribution in [0.5, 0.6) is 0 Å². The number of nitriles is 1. The van der Waals surface area contributed by atoms with Crippen LogP contribution in [-0.4, -0.2) is 36.3 Å². The normalized spacial score (nSPS) is 15.7. The van der Waals surface area contributed by atoms with E-state index in [4.69, 9.17) is 14.4 Å². The lowest BCUT2D eigenvalue weighted by Crippen LogP contribution is -2.26.